The van der Waals surface area contributed by atoms with Crippen LogP contribution in [-0.2, 0) is 21.2 Å². The molecule has 7 nitrogen and oxygen atoms in total. The van der Waals surface area contributed by atoms with Crippen molar-refractivity contribution in [3.63, 3.8) is 0 Å². The van der Waals surface area contributed by atoms with Crippen LogP contribution in [0.4, 0.5) is 4.79 Å². The van der Waals surface area contributed by atoms with Gasteiger partial charge in [-0.05, 0) is 11.4 Å². The maximum Gasteiger partial charge on any atom is 0.318 e. The number of hydrogen-bond acceptors (Lipinski definition) is 5. The lowest BCUT2D eigenvalue weighted by Gasteiger charge is -2.34. The lowest BCUT2D eigenvalue weighted by atomic mass is 10.2. The molecule has 1 aliphatic rings. The molecule has 116 valence electrons. The largest absolute Gasteiger partial charge is 0.481 e. The summed E-state index contributed by atoms with van der Waals surface area (Å²) in [5, 5.41) is 13.5. The van der Waals surface area contributed by atoms with E-state index < -0.39 is 27.9 Å². The second kappa shape index (κ2) is 6.44. The number of thiophene rings is 1. The van der Waals surface area contributed by atoms with Gasteiger partial charge in [0.2, 0.25) is 0 Å². The summed E-state index contributed by atoms with van der Waals surface area (Å²) in [6.45, 7) is 0.371. The highest BCUT2D eigenvalue weighted by Gasteiger charge is 2.35. The number of carboxylic acids is 1. The highest BCUT2D eigenvalue weighted by Crippen LogP contribution is 2.16. The number of hydrogen-bond donors (Lipinski definition) is 2. The van der Waals surface area contributed by atoms with Crippen LogP contribution in [0, 0.1) is 0 Å². The van der Waals surface area contributed by atoms with E-state index in [2.05, 4.69) is 5.32 Å². The van der Waals surface area contributed by atoms with Gasteiger partial charge in [0, 0.05) is 11.4 Å². The number of nitrogens with one attached hydrogen (secondary N) is 1. The van der Waals surface area contributed by atoms with Gasteiger partial charge in [0.1, 0.15) is 0 Å². The number of aliphatic carboxylic acids is 1. The van der Waals surface area contributed by atoms with E-state index in [0.717, 1.165) is 4.88 Å². The summed E-state index contributed by atoms with van der Waals surface area (Å²) < 4.78 is 23.2. The van der Waals surface area contributed by atoms with Gasteiger partial charge in [-0.3, -0.25) is 4.79 Å². The molecule has 1 saturated heterocycles. The van der Waals surface area contributed by atoms with Crippen LogP contribution in [-0.4, -0.2) is 54.5 Å². The number of carbonyl (C=O) groups excluding carboxylic acids is 1. The van der Waals surface area contributed by atoms with Crippen LogP contribution < -0.4 is 5.32 Å². The molecule has 9 heteroatoms. The number of sulfone groups is 1. The Hall–Kier alpha value is -1.61. The predicted molar refractivity (Wildman–Crippen MR) is 78.0 cm³/mol. The highest BCUT2D eigenvalue weighted by molar-refractivity contribution is 7.91. The monoisotopic (exact) mass is 332 g/mol. The van der Waals surface area contributed by atoms with E-state index in [4.69, 9.17) is 5.11 Å². The quantitative estimate of drug-likeness (QED) is 0.837. The maximum absolute atomic E-state index is 12.1. The van der Waals surface area contributed by atoms with Gasteiger partial charge in [0.25, 0.3) is 0 Å². The highest BCUT2D eigenvalue weighted by atomic mass is 32.2. The summed E-state index contributed by atoms with van der Waals surface area (Å²) >= 11 is 1.50. The molecular weight excluding hydrogens is 316 g/mol. The van der Waals surface area contributed by atoms with Crippen LogP contribution in [0.5, 0.6) is 0 Å². The third-order valence-corrected chi connectivity index (χ3v) is 5.77. The molecule has 0 aliphatic carbocycles. The smallest absolute Gasteiger partial charge is 0.318 e. The van der Waals surface area contributed by atoms with Crippen molar-refractivity contribution in [3.8, 4) is 0 Å². The summed E-state index contributed by atoms with van der Waals surface area (Å²) in [7, 11) is -3.29. The average molecular weight is 332 g/mol. The molecule has 1 unspecified atom stereocenters. The molecule has 2 rings (SSSR count). The number of urea groups is 1. The second-order valence-corrected chi connectivity index (χ2v) is 8.06. The molecule has 2 N–H and O–H groups in total. The number of carboxylic acid groups (broad SMARTS) is 1. The van der Waals surface area contributed by atoms with E-state index in [9.17, 15) is 18.0 Å². The Labute approximate surface area is 126 Å². The first-order valence-corrected chi connectivity index (χ1v) is 9.06. The zero-order valence-electron chi connectivity index (χ0n) is 11.2. The van der Waals surface area contributed by atoms with Crippen LogP contribution in [0.3, 0.4) is 0 Å². The first-order valence-electron chi connectivity index (χ1n) is 6.36. The third kappa shape index (κ3) is 4.43. The molecule has 0 saturated carbocycles. The fraction of sp³-hybridized carbons (Fsp3) is 0.500. The van der Waals surface area contributed by atoms with E-state index in [1.54, 1.807) is 0 Å². The summed E-state index contributed by atoms with van der Waals surface area (Å²) in [5.74, 6) is -1.55. The summed E-state index contributed by atoms with van der Waals surface area (Å²) in [6, 6.07) is 2.50. The van der Waals surface area contributed by atoms with Crippen molar-refractivity contribution in [2.45, 2.75) is 19.0 Å². The van der Waals surface area contributed by atoms with Crippen LogP contribution in [0.25, 0.3) is 0 Å². The van der Waals surface area contributed by atoms with Crippen molar-refractivity contribution in [1.29, 1.82) is 0 Å². The zero-order valence-corrected chi connectivity index (χ0v) is 12.8. The molecular formula is C12H16N2O5S2. The molecule has 0 radical (unpaired) electrons. The Morgan fingerprint density at radius 1 is 1.48 bits per heavy atom. The van der Waals surface area contributed by atoms with E-state index >= 15 is 0 Å². The molecule has 2 heterocycles. The molecule has 21 heavy (non-hydrogen) atoms. The van der Waals surface area contributed by atoms with Crippen LogP contribution in [0.15, 0.2) is 17.5 Å². The summed E-state index contributed by atoms with van der Waals surface area (Å²) in [4.78, 5) is 25.3. The molecule has 1 aliphatic heterocycles. The van der Waals surface area contributed by atoms with E-state index in [1.165, 1.54) is 16.2 Å². The molecule has 1 fully saturated rings. The van der Waals surface area contributed by atoms with E-state index in [1.807, 2.05) is 17.5 Å². The number of rotatable bonds is 4. The van der Waals surface area contributed by atoms with Crippen molar-refractivity contribution in [3.05, 3.63) is 22.4 Å². The maximum atomic E-state index is 12.1. The molecule has 1 atom stereocenters. The molecule has 2 amide bonds. The lowest BCUT2D eigenvalue weighted by Crippen LogP contribution is -2.54. The fourth-order valence-corrected chi connectivity index (χ4v) is 4.37. The third-order valence-electron chi connectivity index (χ3n) is 3.20. The van der Waals surface area contributed by atoms with Gasteiger partial charge < -0.3 is 15.3 Å². The molecule has 0 bridgehead atoms. The van der Waals surface area contributed by atoms with Crippen molar-refractivity contribution in [2.75, 3.05) is 18.1 Å². The van der Waals surface area contributed by atoms with Gasteiger partial charge in [-0.25, -0.2) is 13.2 Å². The Morgan fingerprint density at radius 2 is 2.24 bits per heavy atom. The molecule has 0 spiro atoms. The first-order chi connectivity index (χ1) is 9.87. The number of nitrogens with zero attached hydrogens (tertiary/aromatic N) is 1. The Kier molecular flexibility index (Phi) is 4.84. The SMILES string of the molecule is O=C(O)CC1CS(=O)(=O)CCN1C(=O)NCc1cccs1. The molecule has 1 aromatic rings. The number of carbonyl (C=O) groups is 2. The summed E-state index contributed by atoms with van der Waals surface area (Å²) in [5.41, 5.74) is 0. The Morgan fingerprint density at radius 3 is 2.86 bits per heavy atom. The van der Waals surface area contributed by atoms with Crippen LogP contribution in [0.1, 0.15) is 11.3 Å². The van der Waals surface area contributed by atoms with Crippen molar-refractivity contribution in [2.24, 2.45) is 0 Å². The topological polar surface area (TPSA) is 104 Å². The van der Waals surface area contributed by atoms with Crippen molar-refractivity contribution in [1.82, 2.24) is 10.2 Å². The average Bonchev–Trinajstić information content (AvgIpc) is 2.87. The lowest BCUT2D eigenvalue weighted by molar-refractivity contribution is -0.138. The number of amides is 2. The van der Waals surface area contributed by atoms with E-state index in [0.29, 0.717) is 6.54 Å². The van der Waals surface area contributed by atoms with E-state index in [-0.39, 0.29) is 24.5 Å². The molecule has 1 aromatic heterocycles. The minimum absolute atomic E-state index is 0.0244. The Balaban J connectivity index is 2.01. The van der Waals surface area contributed by atoms with Gasteiger partial charge in [-0.2, -0.15) is 0 Å². The Bertz CT molecular complexity index is 612. The van der Waals surface area contributed by atoms with Gasteiger partial charge in [0.05, 0.1) is 30.5 Å². The van der Waals surface area contributed by atoms with Gasteiger partial charge in [-0.15, -0.1) is 11.3 Å². The van der Waals surface area contributed by atoms with Gasteiger partial charge in [-0.1, -0.05) is 6.07 Å². The zero-order chi connectivity index (χ0) is 15.5. The van der Waals surface area contributed by atoms with Crippen molar-refractivity contribution < 1.29 is 23.1 Å². The fourth-order valence-electron chi connectivity index (χ4n) is 2.20. The predicted octanol–water partition coefficient (Wildman–Crippen LogP) is 0.531. The standard InChI is InChI=1S/C12H16N2O5S2/c15-11(16)6-9-8-21(18,19)5-3-14(9)12(17)13-7-10-2-1-4-20-10/h1-2,4,9H,3,5-8H2,(H,13,17)(H,15,16). The normalized spacial score (nSPS) is 21.0. The molecule has 0 aromatic carbocycles. The van der Waals surface area contributed by atoms with Gasteiger partial charge >= 0.3 is 12.0 Å². The van der Waals surface area contributed by atoms with Crippen molar-refractivity contribution >= 4 is 33.2 Å². The minimum atomic E-state index is -3.29. The second-order valence-electron chi connectivity index (χ2n) is 4.80. The summed E-state index contributed by atoms with van der Waals surface area (Å²) in [6.07, 6.45) is -0.369. The van der Waals surface area contributed by atoms with Gasteiger partial charge in [0.15, 0.2) is 9.84 Å². The minimum Gasteiger partial charge on any atom is -0.481 e. The first kappa shape index (κ1) is 15.8. The van der Waals surface area contributed by atoms with Crippen LogP contribution in [0.2, 0.25) is 0 Å². The van der Waals surface area contributed by atoms with Crippen LogP contribution >= 0.6 is 11.3 Å².